The molecule has 0 saturated heterocycles. The highest BCUT2D eigenvalue weighted by molar-refractivity contribution is 7.99. The topological polar surface area (TPSA) is 64.6 Å². The molecule has 25 heavy (non-hydrogen) atoms. The molecule has 1 N–H and O–H groups in total. The lowest BCUT2D eigenvalue weighted by molar-refractivity contribution is -0.139. The van der Waals surface area contributed by atoms with Crippen LogP contribution in [0.1, 0.15) is 6.92 Å². The summed E-state index contributed by atoms with van der Waals surface area (Å²) in [6.45, 7) is 4.98. The lowest BCUT2D eigenvalue weighted by atomic mass is 10.3. The van der Waals surface area contributed by atoms with E-state index in [4.69, 9.17) is 9.47 Å². The normalized spacial score (nSPS) is 9.96. The van der Waals surface area contributed by atoms with Gasteiger partial charge in [0.05, 0.1) is 5.69 Å². The van der Waals surface area contributed by atoms with Crippen molar-refractivity contribution >= 4 is 29.5 Å². The van der Waals surface area contributed by atoms with Gasteiger partial charge in [-0.15, -0.1) is 0 Å². The highest BCUT2D eigenvalue weighted by Crippen LogP contribution is 2.33. The molecular formula is C19H19NO4S. The lowest BCUT2D eigenvalue weighted by Gasteiger charge is -2.11. The van der Waals surface area contributed by atoms with Gasteiger partial charge < -0.3 is 9.47 Å². The summed E-state index contributed by atoms with van der Waals surface area (Å²) in [5.41, 5.74) is 0.955. The summed E-state index contributed by atoms with van der Waals surface area (Å²) in [4.78, 5) is 25.1. The first kappa shape index (κ1) is 18.6. The van der Waals surface area contributed by atoms with Crippen LogP contribution in [0.15, 0.2) is 76.5 Å². The van der Waals surface area contributed by atoms with Crippen LogP contribution in [0, 0.1) is 0 Å². The summed E-state index contributed by atoms with van der Waals surface area (Å²) in [5.74, 6) is -0.506. The molecule has 0 aliphatic carbocycles. The first-order valence-electron chi connectivity index (χ1n) is 7.64. The molecule has 1 amide bonds. The largest absolute Gasteiger partial charge is 0.459 e. The second kappa shape index (κ2) is 9.54. The molecule has 2 aromatic carbocycles. The zero-order valence-electron chi connectivity index (χ0n) is 13.9. The maximum absolute atomic E-state index is 11.9. The fraction of sp³-hybridized carbons (Fsp3) is 0.158. The van der Waals surface area contributed by atoms with Crippen LogP contribution >= 0.6 is 11.8 Å². The number of para-hydroxylation sites is 1. The van der Waals surface area contributed by atoms with E-state index in [0.717, 1.165) is 9.79 Å². The number of hydrogen-bond acceptors (Lipinski definition) is 5. The third-order valence-electron chi connectivity index (χ3n) is 2.99. The van der Waals surface area contributed by atoms with Gasteiger partial charge in [0.1, 0.15) is 13.2 Å². The molecule has 0 unspecified atom stereocenters. The number of amides is 1. The molecule has 130 valence electrons. The molecular weight excluding hydrogens is 338 g/mol. The standard InChI is InChI=1S/C19H19NO4S/c1-14(2)18(21)23-12-13-24-19(22)20-16-10-6-7-11-17(16)25-15-8-4-3-5-9-15/h3-11H,1,12-13H2,2H3,(H,20,22). The molecule has 0 radical (unpaired) electrons. The quantitative estimate of drug-likeness (QED) is 0.449. The van der Waals surface area contributed by atoms with Crippen LogP contribution in [0.4, 0.5) is 10.5 Å². The summed E-state index contributed by atoms with van der Waals surface area (Å²) in [7, 11) is 0. The molecule has 0 heterocycles. The maximum atomic E-state index is 11.9. The van der Waals surface area contributed by atoms with Crippen LogP contribution in [0.3, 0.4) is 0 Å². The van der Waals surface area contributed by atoms with Gasteiger partial charge in [-0.25, -0.2) is 9.59 Å². The summed E-state index contributed by atoms with van der Waals surface area (Å²) in [6, 6.07) is 17.3. The Morgan fingerprint density at radius 3 is 2.36 bits per heavy atom. The number of anilines is 1. The SMILES string of the molecule is C=C(C)C(=O)OCCOC(=O)Nc1ccccc1Sc1ccccc1. The van der Waals surface area contributed by atoms with E-state index in [1.165, 1.54) is 0 Å². The molecule has 0 fully saturated rings. The van der Waals surface area contributed by atoms with Crippen LogP contribution in [0.25, 0.3) is 0 Å². The number of esters is 1. The van der Waals surface area contributed by atoms with Crippen LogP contribution in [-0.2, 0) is 14.3 Å². The van der Waals surface area contributed by atoms with Crippen LogP contribution in [0.5, 0.6) is 0 Å². The van der Waals surface area contributed by atoms with Crippen molar-refractivity contribution in [2.24, 2.45) is 0 Å². The highest BCUT2D eigenvalue weighted by atomic mass is 32.2. The Kier molecular flexibility index (Phi) is 7.10. The predicted molar refractivity (Wildman–Crippen MR) is 97.8 cm³/mol. The minimum atomic E-state index is -0.604. The average Bonchev–Trinajstić information content (AvgIpc) is 2.61. The summed E-state index contributed by atoms with van der Waals surface area (Å²) in [5, 5.41) is 2.70. The van der Waals surface area contributed by atoms with Gasteiger partial charge >= 0.3 is 12.1 Å². The molecule has 2 rings (SSSR count). The minimum Gasteiger partial charge on any atom is -0.459 e. The number of ether oxygens (including phenoxy) is 2. The average molecular weight is 357 g/mol. The number of carbonyl (C=O) groups is 2. The molecule has 6 heteroatoms. The van der Waals surface area contributed by atoms with E-state index >= 15 is 0 Å². The number of hydrogen-bond donors (Lipinski definition) is 1. The Labute approximate surface area is 151 Å². The number of carbonyl (C=O) groups excluding carboxylic acids is 2. The van der Waals surface area contributed by atoms with E-state index in [9.17, 15) is 9.59 Å². The third-order valence-corrected chi connectivity index (χ3v) is 4.08. The summed E-state index contributed by atoms with van der Waals surface area (Å²) >= 11 is 1.54. The third kappa shape index (κ3) is 6.35. The molecule has 0 aliphatic heterocycles. The van der Waals surface area contributed by atoms with E-state index < -0.39 is 12.1 Å². The molecule has 0 saturated carbocycles. The highest BCUT2D eigenvalue weighted by Gasteiger charge is 2.09. The first-order valence-corrected chi connectivity index (χ1v) is 8.46. The number of benzene rings is 2. The molecule has 5 nitrogen and oxygen atoms in total. The van der Waals surface area contributed by atoms with E-state index in [1.807, 2.05) is 48.5 Å². The van der Waals surface area contributed by atoms with Crippen molar-refractivity contribution in [2.45, 2.75) is 16.7 Å². The second-order valence-corrected chi connectivity index (χ2v) is 6.20. The molecule has 0 bridgehead atoms. The molecule has 0 spiro atoms. The molecule has 0 atom stereocenters. The number of rotatable bonds is 7. The van der Waals surface area contributed by atoms with Gasteiger partial charge in [-0.3, -0.25) is 5.32 Å². The smallest absolute Gasteiger partial charge is 0.411 e. The van der Waals surface area contributed by atoms with Crippen molar-refractivity contribution in [3.05, 3.63) is 66.7 Å². The van der Waals surface area contributed by atoms with Crippen molar-refractivity contribution in [1.82, 2.24) is 0 Å². The zero-order valence-corrected chi connectivity index (χ0v) is 14.7. The van der Waals surface area contributed by atoms with E-state index in [-0.39, 0.29) is 13.2 Å². The van der Waals surface area contributed by atoms with Gasteiger partial charge in [-0.1, -0.05) is 48.7 Å². The van der Waals surface area contributed by atoms with Crippen LogP contribution in [0.2, 0.25) is 0 Å². The monoisotopic (exact) mass is 357 g/mol. The predicted octanol–water partition coefficient (Wildman–Crippen LogP) is 4.51. The summed E-state index contributed by atoms with van der Waals surface area (Å²) < 4.78 is 9.87. The fourth-order valence-corrected chi connectivity index (χ4v) is 2.74. The number of nitrogens with one attached hydrogen (secondary N) is 1. The van der Waals surface area contributed by atoms with E-state index in [0.29, 0.717) is 11.3 Å². The Bertz CT molecular complexity index is 746. The van der Waals surface area contributed by atoms with Gasteiger partial charge in [-0.05, 0) is 31.2 Å². The van der Waals surface area contributed by atoms with Crippen molar-refractivity contribution in [2.75, 3.05) is 18.5 Å². The van der Waals surface area contributed by atoms with Gasteiger partial charge in [0.15, 0.2) is 0 Å². The zero-order chi connectivity index (χ0) is 18.1. The minimum absolute atomic E-state index is 0.0144. The first-order chi connectivity index (χ1) is 12.1. The van der Waals surface area contributed by atoms with E-state index in [1.54, 1.807) is 24.8 Å². The van der Waals surface area contributed by atoms with Crippen molar-refractivity contribution in [1.29, 1.82) is 0 Å². The van der Waals surface area contributed by atoms with Gasteiger partial charge in [0.2, 0.25) is 0 Å². The van der Waals surface area contributed by atoms with E-state index in [2.05, 4.69) is 11.9 Å². The Morgan fingerprint density at radius 1 is 1.00 bits per heavy atom. The Morgan fingerprint density at radius 2 is 1.64 bits per heavy atom. The molecule has 0 aliphatic rings. The van der Waals surface area contributed by atoms with Gasteiger partial charge in [0.25, 0.3) is 0 Å². The lowest BCUT2D eigenvalue weighted by Crippen LogP contribution is -2.18. The fourth-order valence-electron chi connectivity index (χ4n) is 1.81. The van der Waals surface area contributed by atoms with Gasteiger partial charge in [0, 0.05) is 15.4 Å². The van der Waals surface area contributed by atoms with Crippen LogP contribution < -0.4 is 5.32 Å². The van der Waals surface area contributed by atoms with Crippen molar-refractivity contribution in [3.63, 3.8) is 0 Å². The van der Waals surface area contributed by atoms with Gasteiger partial charge in [-0.2, -0.15) is 0 Å². The summed E-state index contributed by atoms with van der Waals surface area (Å²) in [6.07, 6.45) is -0.604. The van der Waals surface area contributed by atoms with Crippen molar-refractivity contribution in [3.8, 4) is 0 Å². The molecule has 0 aromatic heterocycles. The second-order valence-electron chi connectivity index (χ2n) is 5.09. The Hall–Kier alpha value is -2.73. The van der Waals surface area contributed by atoms with Crippen LogP contribution in [-0.4, -0.2) is 25.3 Å². The van der Waals surface area contributed by atoms with Crippen molar-refractivity contribution < 1.29 is 19.1 Å². The maximum Gasteiger partial charge on any atom is 0.411 e. The molecule has 2 aromatic rings. The Balaban J connectivity index is 1.86.